The van der Waals surface area contributed by atoms with Crippen LogP contribution in [0.2, 0.25) is 5.02 Å². The highest BCUT2D eigenvalue weighted by Crippen LogP contribution is 2.30. The molecule has 0 saturated carbocycles. The Kier molecular flexibility index (Phi) is 3.08. The van der Waals surface area contributed by atoms with E-state index >= 15 is 0 Å². The van der Waals surface area contributed by atoms with Gasteiger partial charge in [0.05, 0.1) is 0 Å². The fourth-order valence-electron chi connectivity index (χ4n) is 1.35. The third-order valence-corrected chi connectivity index (χ3v) is 2.91. The van der Waals surface area contributed by atoms with Gasteiger partial charge < -0.3 is 0 Å². The molecule has 0 unspecified atom stereocenters. The quantitative estimate of drug-likeness (QED) is 0.698. The molecule has 3 heteroatoms. The molecule has 0 aliphatic heterocycles. The molecule has 0 aliphatic rings. The van der Waals surface area contributed by atoms with E-state index in [4.69, 9.17) is 11.6 Å². The Morgan fingerprint density at radius 1 is 1.00 bits per heavy atom. The summed E-state index contributed by atoms with van der Waals surface area (Å²) in [5.74, 6) is -0.245. The largest absolute Gasteiger partial charge is 0.207 e. The highest BCUT2D eigenvalue weighted by molar-refractivity contribution is 9.10. The first-order chi connectivity index (χ1) is 7.16. The summed E-state index contributed by atoms with van der Waals surface area (Å²) < 4.78 is 13.7. The molecule has 15 heavy (non-hydrogen) atoms. The van der Waals surface area contributed by atoms with Gasteiger partial charge in [-0.25, -0.2) is 4.39 Å². The molecule has 0 aromatic heterocycles. The van der Waals surface area contributed by atoms with E-state index in [1.165, 1.54) is 12.1 Å². The fraction of sp³-hybridized carbons (Fsp3) is 0. The van der Waals surface area contributed by atoms with Crippen molar-refractivity contribution in [1.29, 1.82) is 0 Å². The van der Waals surface area contributed by atoms with Gasteiger partial charge in [0.25, 0.3) is 0 Å². The van der Waals surface area contributed by atoms with Gasteiger partial charge in [0, 0.05) is 15.1 Å². The highest BCUT2D eigenvalue weighted by Gasteiger charge is 2.03. The normalized spacial score (nSPS) is 10.3. The zero-order valence-electron chi connectivity index (χ0n) is 7.68. The minimum absolute atomic E-state index is 0.245. The fourth-order valence-corrected chi connectivity index (χ4v) is 1.94. The first kappa shape index (κ1) is 10.7. The van der Waals surface area contributed by atoms with Crippen molar-refractivity contribution in [2.75, 3.05) is 0 Å². The Hall–Kier alpha value is -0.860. The van der Waals surface area contributed by atoms with Gasteiger partial charge in [0.15, 0.2) is 0 Å². The van der Waals surface area contributed by atoms with Crippen molar-refractivity contribution >= 4 is 27.5 Å². The minimum atomic E-state index is -0.245. The Bertz CT molecular complexity index is 479. The average molecular weight is 286 g/mol. The molecular weight excluding hydrogens is 278 g/mol. The molecule has 76 valence electrons. The lowest BCUT2D eigenvalue weighted by Crippen LogP contribution is -1.80. The first-order valence-corrected chi connectivity index (χ1v) is 5.55. The summed E-state index contributed by atoms with van der Waals surface area (Å²) in [6.07, 6.45) is 0. The van der Waals surface area contributed by atoms with Crippen LogP contribution in [0.1, 0.15) is 0 Å². The predicted molar refractivity (Wildman–Crippen MR) is 64.5 cm³/mol. The van der Waals surface area contributed by atoms with Crippen molar-refractivity contribution in [3.8, 4) is 11.1 Å². The molecule has 0 saturated heterocycles. The standard InChI is InChI=1S/C12H7BrClF/c13-9-3-6-12(14)11(7-9)8-1-4-10(15)5-2-8/h1-7H. The maximum atomic E-state index is 12.7. The Morgan fingerprint density at radius 2 is 1.67 bits per heavy atom. The summed E-state index contributed by atoms with van der Waals surface area (Å²) >= 11 is 9.43. The molecule has 0 bridgehead atoms. The van der Waals surface area contributed by atoms with Crippen molar-refractivity contribution < 1.29 is 4.39 Å². The van der Waals surface area contributed by atoms with Crippen molar-refractivity contribution in [3.05, 3.63) is 57.8 Å². The molecule has 0 fully saturated rings. The molecule has 2 rings (SSSR count). The molecule has 0 atom stereocenters. The lowest BCUT2D eigenvalue weighted by atomic mass is 10.1. The molecule has 0 aliphatic carbocycles. The average Bonchev–Trinajstić information content (AvgIpc) is 2.23. The summed E-state index contributed by atoms with van der Waals surface area (Å²) in [6.45, 7) is 0. The van der Waals surface area contributed by atoms with E-state index < -0.39 is 0 Å². The van der Waals surface area contributed by atoms with Crippen molar-refractivity contribution in [2.45, 2.75) is 0 Å². The van der Waals surface area contributed by atoms with Crippen LogP contribution in [0.5, 0.6) is 0 Å². The molecule has 0 N–H and O–H groups in total. The van der Waals surface area contributed by atoms with E-state index in [1.54, 1.807) is 12.1 Å². The second-order valence-corrected chi connectivity index (χ2v) is 4.45. The van der Waals surface area contributed by atoms with Gasteiger partial charge in [-0.05, 0) is 35.9 Å². The second kappa shape index (κ2) is 4.33. The molecule has 0 nitrogen and oxygen atoms in total. The summed E-state index contributed by atoms with van der Waals surface area (Å²) in [5.41, 5.74) is 1.80. The van der Waals surface area contributed by atoms with Crippen LogP contribution in [-0.4, -0.2) is 0 Å². The zero-order chi connectivity index (χ0) is 10.8. The van der Waals surface area contributed by atoms with E-state index in [9.17, 15) is 4.39 Å². The zero-order valence-corrected chi connectivity index (χ0v) is 10.0. The van der Waals surface area contributed by atoms with Crippen LogP contribution < -0.4 is 0 Å². The first-order valence-electron chi connectivity index (χ1n) is 4.38. The molecule has 0 radical (unpaired) electrons. The number of halogens is 3. The number of hydrogen-bond acceptors (Lipinski definition) is 0. The monoisotopic (exact) mass is 284 g/mol. The van der Waals surface area contributed by atoms with E-state index in [1.807, 2.05) is 18.2 Å². The van der Waals surface area contributed by atoms with Gasteiger partial charge in [0.1, 0.15) is 5.82 Å². The van der Waals surface area contributed by atoms with Gasteiger partial charge in [-0.2, -0.15) is 0 Å². The smallest absolute Gasteiger partial charge is 0.123 e. The maximum absolute atomic E-state index is 12.7. The summed E-state index contributed by atoms with van der Waals surface area (Å²) in [5, 5.41) is 0.657. The van der Waals surface area contributed by atoms with Crippen LogP contribution >= 0.6 is 27.5 Å². The van der Waals surface area contributed by atoms with Gasteiger partial charge in [0.2, 0.25) is 0 Å². The van der Waals surface area contributed by atoms with E-state index in [-0.39, 0.29) is 5.82 Å². The summed E-state index contributed by atoms with van der Waals surface area (Å²) in [6, 6.07) is 11.9. The van der Waals surface area contributed by atoms with Crippen LogP contribution in [0.15, 0.2) is 46.9 Å². The number of benzene rings is 2. The van der Waals surface area contributed by atoms with Crippen molar-refractivity contribution in [2.24, 2.45) is 0 Å². The predicted octanol–water partition coefficient (Wildman–Crippen LogP) is 4.91. The van der Waals surface area contributed by atoms with Gasteiger partial charge >= 0.3 is 0 Å². The highest BCUT2D eigenvalue weighted by atomic mass is 79.9. The molecule has 2 aromatic rings. The van der Waals surface area contributed by atoms with Gasteiger partial charge in [-0.3, -0.25) is 0 Å². The number of rotatable bonds is 1. The lowest BCUT2D eigenvalue weighted by molar-refractivity contribution is 0.628. The van der Waals surface area contributed by atoms with Crippen LogP contribution in [-0.2, 0) is 0 Å². The van der Waals surface area contributed by atoms with E-state index in [2.05, 4.69) is 15.9 Å². The second-order valence-electron chi connectivity index (χ2n) is 3.13. The molecule has 0 heterocycles. The van der Waals surface area contributed by atoms with Crippen molar-refractivity contribution in [3.63, 3.8) is 0 Å². The third-order valence-electron chi connectivity index (χ3n) is 2.08. The lowest BCUT2D eigenvalue weighted by Gasteiger charge is -2.04. The van der Waals surface area contributed by atoms with Gasteiger partial charge in [-0.1, -0.05) is 39.7 Å². The maximum Gasteiger partial charge on any atom is 0.123 e. The minimum Gasteiger partial charge on any atom is -0.207 e. The van der Waals surface area contributed by atoms with E-state index in [0.29, 0.717) is 5.02 Å². The van der Waals surface area contributed by atoms with Gasteiger partial charge in [-0.15, -0.1) is 0 Å². The molecular formula is C12H7BrClF. The number of hydrogen-bond donors (Lipinski definition) is 0. The molecule has 0 amide bonds. The van der Waals surface area contributed by atoms with Crippen LogP contribution in [0.4, 0.5) is 4.39 Å². The Morgan fingerprint density at radius 3 is 2.33 bits per heavy atom. The van der Waals surface area contributed by atoms with Crippen LogP contribution in [0.25, 0.3) is 11.1 Å². The Balaban J connectivity index is 2.53. The molecule has 2 aromatic carbocycles. The topological polar surface area (TPSA) is 0 Å². The third kappa shape index (κ3) is 2.39. The van der Waals surface area contributed by atoms with Crippen LogP contribution in [0, 0.1) is 5.82 Å². The van der Waals surface area contributed by atoms with E-state index in [0.717, 1.165) is 15.6 Å². The summed E-state index contributed by atoms with van der Waals surface area (Å²) in [7, 11) is 0. The van der Waals surface area contributed by atoms with Crippen molar-refractivity contribution in [1.82, 2.24) is 0 Å². The van der Waals surface area contributed by atoms with Crippen LogP contribution in [0.3, 0.4) is 0 Å². The Labute approximate surface area is 101 Å². The molecule has 0 spiro atoms. The SMILES string of the molecule is Fc1ccc(-c2cc(Br)ccc2Cl)cc1. The summed E-state index contributed by atoms with van der Waals surface area (Å²) in [4.78, 5) is 0.